The minimum atomic E-state index is 0.676. The lowest BCUT2D eigenvalue weighted by atomic mass is 9.98. The van der Waals surface area contributed by atoms with Crippen LogP contribution in [-0.4, -0.2) is 16.5 Å². The first-order valence-electron chi connectivity index (χ1n) is 4.58. The maximum absolute atomic E-state index is 5.69. The first kappa shape index (κ1) is 9.34. The minimum Gasteiger partial charge on any atom is -0.375 e. The van der Waals surface area contributed by atoms with E-state index in [2.05, 4.69) is 23.7 Å². The van der Waals surface area contributed by atoms with Gasteiger partial charge in [-0.15, -0.1) is 11.3 Å². The lowest BCUT2D eigenvalue weighted by Gasteiger charge is -2.19. The molecule has 4 heteroatoms. The van der Waals surface area contributed by atoms with E-state index in [0.717, 1.165) is 5.13 Å². The summed E-state index contributed by atoms with van der Waals surface area (Å²) < 4.78 is 0. The minimum absolute atomic E-state index is 0.676. The van der Waals surface area contributed by atoms with Gasteiger partial charge < -0.3 is 5.73 Å². The summed E-state index contributed by atoms with van der Waals surface area (Å²) in [6, 6.07) is 0. The zero-order chi connectivity index (χ0) is 9.26. The average molecular weight is 214 g/mol. The second-order valence-electron chi connectivity index (χ2n) is 3.38. The number of aromatic nitrogens is 1. The number of thiazole rings is 1. The van der Waals surface area contributed by atoms with Crippen molar-refractivity contribution < 1.29 is 0 Å². The van der Waals surface area contributed by atoms with Crippen LogP contribution >= 0.6 is 23.1 Å². The van der Waals surface area contributed by atoms with Crippen LogP contribution in [0.5, 0.6) is 0 Å². The Bertz CT molecular complexity index is 290. The highest BCUT2D eigenvalue weighted by atomic mass is 32.2. The molecule has 72 valence electrons. The molecule has 0 radical (unpaired) electrons. The molecule has 13 heavy (non-hydrogen) atoms. The number of nitrogens with zero attached hydrogens (tertiary/aromatic N) is 1. The Morgan fingerprint density at radius 3 is 2.62 bits per heavy atom. The SMILES string of the molecule is Cc1sc(N)nc1C1CCSCC1. The molecule has 0 aliphatic carbocycles. The van der Waals surface area contributed by atoms with Gasteiger partial charge in [0.1, 0.15) is 0 Å². The Hall–Kier alpha value is -0.220. The van der Waals surface area contributed by atoms with Crippen LogP contribution in [0.3, 0.4) is 0 Å². The predicted molar refractivity (Wildman–Crippen MR) is 60.6 cm³/mol. The number of nitrogens with two attached hydrogens (primary N) is 1. The fourth-order valence-corrected chi connectivity index (χ4v) is 3.66. The zero-order valence-electron chi connectivity index (χ0n) is 7.75. The molecule has 0 bridgehead atoms. The topological polar surface area (TPSA) is 38.9 Å². The summed E-state index contributed by atoms with van der Waals surface area (Å²) in [5, 5.41) is 0.728. The molecule has 0 saturated carbocycles. The summed E-state index contributed by atoms with van der Waals surface area (Å²) >= 11 is 3.67. The van der Waals surface area contributed by atoms with Crippen LogP contribution in [0.4, 0.5) is 5.13 Å². The number of aryl methyl sites for hydroxylation is 1. The van der Waals surface area contributed by atoms with Gasteiger partial charge in [0, 0.05) is 10.8 Å². The van der Waals surface area contributed by atoms with Crippen molar-refractivity contribution in [3.05, 3.63) is 10.6 Å². The molecule has 2 rings (SSSR count). The normalized spacial score (nSPS) is 19.2. The maximum atomic E-state index is 5.69. The van der Waals surface area contributed by atoms with E-state index in [1.54, 1.807) is 11.3 Å². The van der Waals surface area contributed by atoms with Crippen molar-refractivity contribution in [2.75, 3.05) is 17.2 Å². The molecule has 0 spiro atoms. The van der Waals surface area contributed by atoms with Crippen molar-refractivity contribution in [2.24, 2.45) is 0 Å². The molecule has 0 atom stereocenters. The van der Waals surface area contributed by atoms with Gasteiger partial charge in [-0.25, -0.2) is 4.98 Å². The molecule has 1 aliphatic rings. The molecule has 1 aliphatic heterocycles. The van der Waals surface area contributed by atoms with E-state index in [4.69, 9.17) is 5.73 Å². The van der Waals surface area contributed by atoms with Crippen LogP contribution in [0.25, 0.3) is 0 Å². The van der Waals surface area contributed by atoms with Crippen molar-refractivity contribution in [1.82, 2.24) is 4.98 Å². The smallest absolute Gasteiger partial charge is 0.180 e. The van der Waals surface area contributed by atoms with Crippen molar-refractivity contribution >= 4 is 28.2 Å². The summed E-state index contributed by atoms with van der Waals surface area (Å²) in [6.07, 6.45) is 2.54. The fourth-order valence-electron chi connectivity index (χ4n) is 1.78. The van der Waals surface area contributed by atoms with Crippen molar-refractivity contribution in [2.45, 2.75) is 25.7 Å². The molecular weight excluding hydrogens is 200 g/mol. The highest BCUT2D eigenvalue weighted by Crippen LogP contribution is 2.35. The van der Waals surface area contributed by atoms with E-state index in [1.807, 2.05) is 0 Å². The third-order valence-electron chi connectivity index (χ3n) is 2.46. The van der Waals surface area contributed by atoms with E-state index in [0.29, 0.717) is 5.92 Å². The van der Waals surface area contributed by atoms with E-state index in [1.165, 1.54) is 34.9 Å². The van der Waals surface area contributed by atoms with Gasteiger partial charge in [0.25, 0.3) is 0 Å². The second-order valence-corrected chi connectivity index (χ2v) is 5.84. The van der Waals surface area contributed by atoms with Gasteiger partial charge in [-0.1, -0.05) is 0 Å². The van der Waals surface area contributed by atoms with Crippen molar-refractivity contribution in [3.8, 4) is 0 Å². The van der Waals surface area contributed by atoms with Gasteiger partial charge in [-0.05, 0) is 31.3 Å². The molecule has 2 N–H and O–H groups in total. The van der Waals surface area contributed by atoms with Crippen LogP contribution in [-0.2, 0) is 0 Å². The van der Waals surface area contributed by atoms with Gasteiger partial charge >= 0.3 is 0 Å². The summed E-state index contributed by atoms with van der Waals surface area (Å²) in [5.41, 5.74) is 6.95. The summed E-state index contributed by atoms with van der Waals surface area (Å²) in [7, 11) is 0. The number of thioether (sulfide) groups is 1. The summed E-state index contributed by atoms with van der Waals surface area (Å²) in [5.74, 6) is 3.23. The van der Waals surface area contributed by atoms with E-state index in [-0.39, 0.29) is 0 Å². The molecule has 0 aromatic carbocycles. The van der Waals surface area contributed by atoms with E-state index < -0.39 is 0 Å². The second kappa shape index (κ2) is 3.88. The van der Waals surface area contributed by atoms with Crippen LogP contribution in [0.15, 0.2) is 0 Å². The zero-order valence-corrected chi connectivity index (χ0v) is 9.38. The number of hydrogen-bond donors (Lipinski definition) is 1. The molecule has 2 heterocycles. The molecule has 1 aromatic heterocycles. The lowest BCUT2D eigenvalue weighted by molar-refractivity contribution is 0.620. The third kappa shape index (κ3) is 1.99. The molecule has 0 unspecified atom stereocenters. The predicted octanol–water partition coefficient (Wildman–Crippen LogP) is 2.64. The van der Waals surface area contributed by atoms with Gasteiger partial charge in [-0.3, -0.25) is 0 Å². The van der Waals surface area contributed by atoms with Crippen molar-refractivity contribution in [3.63, 3.8) is 0 Å². The first-order valence-corrected chi connectivity index (χ1v) is 6.55. The van der Waals surface area contributed by atoms with Crippen molar-refractivity contribution in [1.29, 1.82) is 0 Å². The number of anilines is 1. The maximum Gasteiger partial charge on any atom is 0.180 e. The molecular formula is C9H14N2S2. The number of hydrogen-bond acceptors (Lipinski definition) is 4. The standard InChI is InChI=1S/C9H14N2S2/c1-6-8(11-9(10)13-6)7-2-4-12-5-3-7/h7H,2-5H2,1H3,(H2,10,11). The quantitative estimate of drug-likeness (QED) is 0.781. The fraction of sp³-hybridized carbons (Fsp3) is 0.667. The Morgan fingerprint density at radius 1 is 1.38 bits per heavy atom. The molecule has 2 nitrogen and oxygen atoms in total. The average Bonchev–Trinajstić information content (AvgIpc) is 2.47. The first-order chi connectivity index (χ1) is 6.27. The molecule has 1 aromatic rings. The molecule has 0 amide bonds. The van der Waals surface area contributed by atoms with E-state index >= 15 is 0 Å². The van der Waals surface area contributed by atoms with Crippen LogP contribution in [0.1, 0.15) is 29.3 Å². The lowest BCUT2D eigenvalue weighted by Crippen LogP contribution is -2.09. The van der Waals surface area contributed by atoms with Crippen LogP contribution in [0.2, 0.25) is 0 Å². The monoisotopic (exact) mass is 214 g/mol. The molecule has 1 saturated heterocycles. The number of rotatable bonds is 1. The summed E-state index contributed by atoms with van der Waals surface area (Å²) in [4.78, 5) is 5.74. The van der Waals surface area contributed by atoms with Gasteiger partial charge in [0.05, 0.1) is 5.69 Å². The van der Waals surface area contributed by atoms with Gasteiger partial charge in [-0.2, -0.15) is 11.8 Å². The van der Waals surface area contributed by atoms with Crippen LogP contribution < -0.4 is 5.73 Å². The Balaban J connectivity index is 2.18. The largest absolute Gasteiger partial charge is 0.375 e. The third-order valence-corrected chi connectivity index (χ3v) is 4.32. The highest BCUT2D eigenvalue weighted by Gasteiger charge is 2.20. The van der Waals surface area contributed by atoms with Gasteiger partial charge in [0.15, 0.2) is 5.13 Å². The van der Waals surface area contributed by atoms with Crippen LogP contribution in [0, 0.1) is 6.92 Å². The van der Waals surface area contributed by atoms with Gasteiger partial charge in [0.2, 0.25) is 0 Å². The number of nitrogen functional groups attached to an aromatic ring is 1. The Kier molecular flexibility index (Phi) is 2.79. The molecule has 1 fully saturated rings. The Labute approximate surface area is 86.9 Å². The Morgan fingerprint density at radius 2 is 2.08 bits per heavy atom. The summed E-state index contributed by atoms with van der Waals surface area (Å²) in [6.45, 7) is 2.13. The van der Waals surface area contributed by atoms with E-state index in [9.17, 15) is 0 Å². The highest BCUT2D eigenvalue weighted by molar-refractivity contribution is 7.99.